The molecule has 1 unspecified atom stereocenters. The monoisotopic (exact) mass is 428 g/mol. The molecule has 5 rings (SSSR count). The maximum absolute atomic E-state index is 13.3. The van der Waals surface area contributed by atoms with E-state index in [-0.39, 0.29) is 11.6 Å². The highest BCUT2D eigenvalue weighted by atomic mass is 16.1. The van der Waals surface area contributed by atoms with Crippen molar-refractivity contribution in [3.8, 4) is 0 Å². The number of nitrogens with one attached hydrogen (secondary N) is 1. The van der Waals surface area contributed by atoms with Gasteiger partial charge in [0.2, 0.25) is 0 Å². The number of benzene rings is 2. The molecular formula is C25H28N6O. The molecule has 0 radical (unpaired) electrons. The number of hydrogen-bond acceptors (Lipinski definition) is 5. The Morgan fingerprint density at radius 3 is 2.66 bits per heavy atom. The molecule has 0 amide bonds. The molecule has 1 N–H and O–H groups in total. The van der Waals surface area contributed by atoms with Gasteiger partial charge in [-0.15, -0.1) is 5.10 Å². The first-order valence-electron chi connectivity index (χ1n) is 11.3. The second kappa shape index (κ2) is 8.67. The van der Waals surface area contributed by atoms with Crippen LogP contribution in [-0.4, -0.2) is 43.2 Å². The largest absolute Gasteiger partial charge is 0.322 e. The van der Waals surface area contributed by atoms with Crippen LogP contribution in [0, 0.1) is 12.8 Å². The standard InChI is InChI=1S/C25H28N6O/c1-17-10-12-30(13-11-17)23(21-15-20-14-18(2)8-9-22(20)26-25(21)32)24-27-28-29-31(24)16-19-6-4-3-5-7-19/h3-9,14-15,17,23H,10-13,16H2,1-2H3,(H,26,32). The van der Waals surface area contributed by atoms with E-state index < -0.39 is 0 Å². The Kier molecular flexibility index (Phi) is 5.57. The number of likely N-dealkylation sites (tertiary alicyclic amines) is 1. The third-order valence-corrected chi connectivity index (χ3v) is 6.49. The highest BCUT2D eigenvalue weighted by Gasteiger charge is 2.32. The highest BCUT2D eigenvalue weighted by Crippen LogP contribution is 2.31. The van der Waals surface area contributed by atoms with Crippen molar-refractivity contribution in [3.63, 3.8) is 0 Å². The minimum absolute atomic E-state index is 0.0840. The molecule has 7 nitrogen and oxygen atoms in total. The molecular weight excluding hydrogens is 400 g/mol. The van der Waals surface area contributed by atoms with Gasteiger partial charge in [-0.1, -0.05) is 48.9 Å². The normalized spacial score (nSPS) is 16.4. The lowest BCUT2D eigenvalue weighted by molar-refractivity contribution is 0.149. The van der Waals surface area contributed by atoms with E-state index >= 15 is 0 Å². The predicted octanol–water partition coefficient (Wildman–Crippen LogP) is 3.69. The van der Waals surface area contributed by atoms with Crippen molar-refractivity contribution in [3.05, 3.63) is 87.5 Å². The Balaban J connectivity index is 1.62. The molecule has 0 aliphatic carbocycles. The Bertz CT molecular complexity index is 1270. The predicted molar refractivity (Wildman–Crippen MR) is 124 cm³/mol. The summed E-state index contributed by atoms with van der Waals surface area (Å²) in [5.74, 6) is 1.39. The number of fused-ring (bicyclic) bond motifs is 1. The lowest BCUT2D eigenvalue weighted by atomic mass is 9.95. The molecule has 1 aliphatic heterocycles. The second-order valence-electron chi connectivity index (χ2n) is 8.95. The first kappa shape index (κ1) is 20.6. The summed E-state index contributed by atoms with van der Waals surface area (Å²) in [5.41, 5.74) is 3.74. The SMILES string of the molecule is Cc1ccc2[nH]c(=O)c(C(c3nnnn3Cc3ccccc3)N3CCC(C)CC3)cc2c1. The van der Waals surface area contributed by atoms with Crippen molar-refractivity contribution in [2.45, 2.75) is 39.3 Å². The van der Waals surface area contributed by atoms with Gasteiger partial charge in [0.05, 0.1) is 6.54 Å². The average molecular weight is 429 g/mol. The van der Waals surface area contributed by atoms with E-state index in [1.807, 2.05) is 41.1 Å². The van der Waals surface area contributed by atoms with Crippen molar-refractivity contribution >= 4 is 10.9 Å². The molecule has 0 saturated carbocycles. The van der Waals surface area contributed by atoms with Crippen LogP contribution in [-0.2, 0) is 6.54 Å². The van der Waals surface area contributed by atoms with Crippen LogP contribution in [0.5, 0.6) is 0 Å². The van der Waals surface area contributed by atoms with Gasteiger partial charge < -0.3 is 4.98 Å². The fourth-order valence-electron chi connectivity index (χ4n) is 4.61. The topological polar surface area (TPSA) is 79.7 Å². The number of pyridine rings is 1. The van der Waals surface area contributed by atoms with Crippen LogP contribution in [0.2, 0.25) is 0 Å². The molecule has 32 heavy (non-hydrogen) atoms. The fourth-order valence-corrected chi connectivity index (χ4v) is 4.61. The third-order valence-electron chi connectivity index (χ3n) is 6.49. The van der Waals surface area contributed by atoms with Crippen molar-refractivity contribution in [1.82, 2.24) is 30.1 Å². The van der Waals surface area contributed by atoms with Gasteiger partial charge in [-0.05, 0) is 78.3 Å². The second-order valence-corrected chi connectivity index (χ2v) is 8.95. The summed E-state index contributed by atoms with van der Waals surface area (Å²) in [7, 11) is 0. The van der Waals surface area contributed by atoms with Gasteiger partial charge in [0.15, 0.2) is 5.82 Å². The maximum Gasteiger partial charge on any atom is 0.253 e. The summed E-state index contributed by atoms with van der Waals surface area (Å²) in [4.78, 5) is 18.7. The summed E-state index contributed by atoms with van der Waals surface area (Å²) in [5, 5.41) is 13.7. The molecule has 1 fully saturated rings. The Morgan fingerprint density at radius 2 is 1.88 bits per heavy atom. The smallest absolute Gasteiger partial charge is 0.253 e. The van der Waals surface area contributed by atoms with E-state index in [0.29, 0.717) is 23.9 Å². The average Bonchev–Trinajstić information content (AvgIpc) is 3.24. The van der Waals surface area contributed by atoms with Crippen LogP contribution in [0.1, 0.15) is 48.3 Å². The summed E-state index contributed by atoms with van der Waals surface area (Å²) in [6.45, 7) is 6.74. The van der Waals surface area contributed by atoms with Gasteiger partial charge >= 0.3 is 0 Å². The van der Waals surface area contributed by atoms with Crippen LogP contribution in [0.15, 0.2) is 59.4 Å². The van der Waals surface area contributed by atoms with Crippen LogP contribution < -0.4 is 5.56 Å². The van der Waals surface area contributed by atoms with Crippen molar-refractivity contribution < 1.29 is 0 Å². The number of nitrogens with zero attached hydrogens (tertiary/aromatic N) is 5. The molecule has 1 saturated heterocycles. The number of aromatic nitrogens is 5. The minimum Gasteiger partial charge on any atom is -0.322 e. The number of rotatable bonds is 5. The quantitative estimate of drug-likeness (QED) is 0.524. The van der Waals surface area contributed by atoms with Gasteiger partial charge in [0.1, 0.15) is 6.04 Å². The van der Waals surface area contributed by atoms with Gasteiger partial charge in [-0.2, -0.15) is 0 Å². The first-order valence-corrected chi connectivity index (χ1v) is 11.3. The van der Waals surface area contributed by atoms with Crippen molar-refractivity contribution in [2.75, 3.05) is 13.1 Å². The highest BCUT2D eigenvalue weighted by molar-refractivity contribution is 5.79. The summed E-state index contributed by atoms with van der Waals surface area (Å²) >= 11 is 0. The number of aryl methyl sites for hydroxylation is 1. The molecule has 2 aromatic carbocycles. The lowest BCUT2D eigenvalue weighted by Gasteiger charge is -2.35. The minimum atomic E-state index is -0.296. The lowest BCUT2D eigenvalue weighted by Crippen LogP contribution is -2.40. The molecule has 1 atom stereocenters. The molecule has 2 aromatic heterocycles. The number of H-pyrrole nitrogens is 1. The molecule has 0 bridgehead atoms. The van der Waals surface area contributed by atoms with Gasteiger partial charge in [0.25, 0.3) is 5.56 Å². The first-order chi connectivity index (χ1) is 15.6. The molecule has 4 aromatic rings. The van der Waals surface area contributed by atoms with Gasteiger partial charge in [-0.25, -0.2) is 4.68 Å². The zero-order chi connectivity index (χ0) is 22.1. The van der Waals surface area contributed by atoms with Crippen molar-refractivity contribution in [1.29, 1.82) is 0 Å². The summed E-state index contributed by atoms with van der Waals surface area (Å²) in [6, 6.07) is 18.0. The van der Waals surface area contributed by atoms with Gasteiger partial charge in [-0.3, -0.25) is 9.69 Å². The van der Waals surface area contributed by atoms with Crippen LogP contribution in [0.25, 0.3) is 10.9 Å². The van der Waals surface area contributed by atoms with Crippen LogP contribution in [0.4, 0.5) is 0 Å². The number of aromatic amines is 1. The fraction of sp³-hybridized carbons (Fsp3) is 0.360. The van der Waals surface area contributed by atoms with E-state index in [1.165, 1.54) is 0 Å². The Hall–Kier alpha value is -3.32. The zero-order valence-electron chi connectivity index (χ0n) is 18.5. The van der Waals surface area contributed by atoms with Crippen LogP contribution in [0.3, 0.4) is 0 Å². The van der Waals surface area contributed by atoms with Crippen LogP contribution >= 0.6 is 0 Å². The van der Waals surface area contributed by atoms with E-state index in [1.54, 1.807) is 0 Å². The molecule has 164 valence electrons. The molecule has 3 heterocycles. The van der Waals surface area contributed by atoms with E-state index in [0.717, 1.165) is 48.0 Å². The van der Waals surface area contributed by atoms with E-state index in [2.05, 4.69) is 57.5 Å². The van der Waals surface area contributed by atoms with Gasteiger partial charge in [0, 0.05) is 11.1 Å². The molecule has 7 heteroatoms. The number of piperidine rings is 1. The third kappa shape index (κ3) is 4.08. The Morgan fingerprint density at radius 1 is 1.09 bits per heavy atom. The number of tetrazole rings is 1. The summed E-state index contributed by atoms with van der Waals surface area (Å²) < 4.78 is 1.83. The van der Waals surface area contributed by atoms with E-state index in [9.17, 15) is 4.79 Å². The summed E-state index contributed by atoms with van der Waals surface area (Å²) in [6.07, 6.45) is 2.20. The maximum atomic E-state index is 13.3. The number of hydrogen-bond donors (Lipinski definition) is 1. The molecule has 1 aliphatic rings. The van der Waals surface area contributed by atoms with E-state index in [4.69, 9.17) is 0 Å². The Labute approximate surface area is 187 Å². The molecule has 0 spiro atoms. The zero-order valence-corrected chi connectivity index (χ0v) is 18.5. The van der Waals surface area contributed by atoms with Crippen molar-refractivity contribution in [2.24, 2.45) is 5.92 Å².